The standard InChI is InChI=1S/C14H11N3O5/c18-13-7-6-12(17(20)21)8-10(13)9-15-22-14(19)16-11-4-2-1-3-5-11/h1-9,18H,(H,16,19)/p-1/b15-9-. The summed E-state index contributed by atoms with van der Waals surface area (Å²) in [5.74, 6) is -0.471. The summed E-state index contributed by atoms with van der Waals surface area (Å²) in [6.45, 7) is 0. The van der Waals surface area contributed by atoms with Crippen molar-refractivity contribution in [2.24, 2.45) is 5.16 Å². The molecule has 112 valence electrons. The molecule has 0 aliphatic heterocycles. The third-order valence-corrected chi connectivity index (χ3v) is 2.55. The van der Waals surface area contributed by atoms with Crippen LogP contribution >= 0.6 is 0 Å². The van der Waals surface area contributed by atoms with Crippen LogP contribution in [0.15, 0.2) is 53.7 Å². The molecule has 1 N–H and O–H groups in total. The van der Waals surface area contributed by atoms with Gasteiger partial charge in [-0.2, -0.15) is 0 Å². The normalized spacial score (nSPS) is 10.4. The molecule has 0 saturated heterocycles. The van der Waals surface area contributed by atoms with Crippen LogP contribution in [0.2, 0.25) is 0 Å². The maximum Gasteiger partial charge on any atom is 0.437 e. The van der Waals surface area contributed by atoms with Gasteiger partial charge in [-0.3, -0.25) is 20.3 Å². The van der Waals surface area contributed by atoms with Crippen LogP contribution in [-0.4, -0.2) is 17.2 Å². The number of oxime groups is 1. The van der Waals surface area contributed by atoms with Crippen molar-refractivity contribution in [1.82, 2.24) is 0 Å². The van der Waals surface area contributed by atoms with E-state index in [1.807, 2.05) is 0 Å². The number of anilines is 1. The fourth-order valence-corrected chi connectivity index (χ4v) is 1.54. The zero-order valence-electron chi connectivity index (χ0n) is 11.1. The van der Waals surface area contributed by atoms with Crippen LogP contribution in [0.5, 0.6) is 5.75 Å². The number of amides is 1. The lowest BCUT2D eigenvalue weighted by atomic mass is 10.2. The van der Waals surface area contributed by atoms with E-state index in [0.717, 1.165) is 24.4 Å². The van der Waals surface area contributed by atoms with Crippen molar-refractivity contribution in [3.63, 3.8) is 0 Å². The minimum atomic E-state index is -0.847. The Morgan fingerprint density at radius 2 is 1.95 bits per heavy atom. The second-order valence-electron chi connectivity index (χ2n) is 4.08. The SMILES string of the molecule is O=C(Nc1ccccc1)O/N=C\c1cc([N+](=O)[O-])ccc1[O-]. The number of hydrogen-bond acceptors (Lipinski definition) is 6. The van der Waals surface area contributed by atoms with Crippen LogP contribution in [0.3, 0.4) is 0 Å². The number of benzene rings is 2. The summed E-state index contributed by atoms with van der Waals surface area (Å²) < 4.78 is 0. The minimum absolute atomic E-state index is 0.0540. The maximum atomic E-state index is 11.5. The highest BCUT2D eigenvalue weighted by atomic mass is 16.7. The van der Waals surface area contributed by atoms with E-state index >= 15 is 0 Å². The number of nitro groups is 1. The summed E-state index contributed by atoms with van der Waals surface area (Å²) in [5, 5.41) is 27.9. The first-order valence-electron chi connectivity index (χ1n) is 6.08. The maximum absolute atomic E-state index is 11.5. The lowest BCUT2D eigenvalue weighted by molar-refractivity contribution is -0.385. The summed E-state index contributed by atoms with van der Waals surface area (Å²) >= 11 is 0. The topological polar surface area (TPSA) is 117 Å². The van der Waals surface area contributed by atoms with Crippen molar-refractivity contribution in [3.8, 4) is 5.75 Å². The van der Waals surface area contributed by atoms with E-state index in [-0.39, 0.29) is 11.3 Å². The van der Waals surface area contributed by atoms with Gasteiger partial charge >= 0.3 is 6.09 Å². The summed E-state index contributed by atoms with van der Waals surface area (Å²) in [6, 6.07) is 11.7. The Hall–Kier alpha value is -3.42. The van der Waals surface area contributed by atoms with Crippen LogP contribution in [0.25, 0.3) is 0 Å². The lowest BCUT2D eigenvalue weighted by Crippen LogP contribution is -2.10. The first-order chi connectivity index (χ1) is 10.6. The molecule has 0 aliphatic rings. The molecule has 2 rings (SSSR count). The Morgan fingerprint density at radius 1 is 1.23 bits per heavy atom. The molecule has 0 aliphatic carbocycles. The van der Waals surface area contributed by atoms with Crippen LogP contribution in [0.4, 0.5) is 16.2 Å². The zero-order valence-corrected chi connectivity index (χ0v) is 11.1. The summed E-state index contributed by atoms with van der Waals surface area (Å²) in [7, 11) is 0. The van der Waals surface area contributed by atoms with E-state index in [1.54, 1.807) is 30.3 Å². The summed E-state index contributed by atoms with van der Waals surface area (Å²) in [6.07, 6.45) is 0.0974. The van der Waals surface area contributed by atoms with Gasteiger partial charge in [-0.25, -0.2) is 4.79 Å². The predicted octanol–water partition coefficient (Wildman–Crippen LogP) is 2.25. The van der Waals surface area contributed by atoms with Crippen molar-refractivity contribution in [1.29, 1.82) is 0 Å². The van der Waals surface area contributed by atoms with Crippen LogP contribution in [0, 0.1) is 10.1 Å². The van der Waals surface area contributed by atoms with Crippen LogP contribution < -0.4 is 10.4 Å². The van der Waals surface area contributed by atoms with Gasteiger partial charge in [0, 0.05) is 17.8 Å². The van der Waals surface area contributed by atoms with Gasteiger partial charge in [0.1, 0.15) is 0 Å². The molecule has 2 aromatic carbocycles. The van der Waals surface area contributed by atoms with Crippen molar-refractivity contribution < 1.29 is 19.7 Å². The fraction of sp³-hybridized carbons (Fsp3) is 0. The molecule has 0 atom stereocenters. The van der Waals surface area contributed by atoms with E-state index in [2.05, 4.69) is 15.3 Å². The van der Waals surface area contributed by atoms with E-state index in [4.69, 9.17) is 0 Å². The van der Waals surface area contributed by atoms with Gasteiger partial charge in [-0.1, -0.05) is 35.2 Å². The molecular weight excluding hydrogens is 290 g/mol. The van der Waals surface area contributed by atoms with Crippen molar-refractivity contribution in [2.75, 3.05) is 5.32 Å². The number of para-hydroxylation sites is 1. The zero-order chi connectivity index (χ0) is 15.9. The molecule has 0 radical (unpaired) electrons. The van der Waals surface area contributed by atoms with E-state index in [0.29, 0.717) is 5.69 Å². The van der Waals surface area contributed by atoms with Gasteiger partial charge < -0.3 is 5.11 Å². The van der Waals surface area contributed by atoms with Gasteiger partial charge in [-0.05, 0) is 17.7 Å². The number of nitrogens with zero attached hydrogens (tertiary/aromatic N) is 2. The van der Waals surface area contributed by atoms with Gasteiger partial charge in [0.05, 0.1) is 11.1 Å². The Labute approximate surface area is 124 Å². The van der Waals surface area contributed by atoms with Gasteiger partial charge in [-0.15, -0.1) is 0 Å². The second kappa shape index (κ2) is 6.84. The first-order valence-corrected chi connectivity index (χ1v) is 6.08. The molecule has 0 spiro atoms. The van der Waals surface area contributed by atoms with Gasteiger partial charge in [0.25, 0.3) is 5.69 Å². The molecule has 0 heterocycles. The number of non-ortho nitro benzene ring substituents is 1. The number of rotatable bonds is 4. The van der Waals surface area contributed by atoms with E-state index in [1.165, 1.54) is 0 Å². The van der Waals surface area contributed by atoms with Crippen molar-refractivity contribution in [3.05, 3.63) is 64.2 Å². The molecule has 0 fully saturated rings. The fourth-order valence-electron chi connectivity index (χ4n) is 1.54. The monoisotopic (exact) mass is 300 g/mol. The average Bonchev–Trinajstić information content (AvgIpc) is 2.50. The third-order valence-electron chi connectivity index (χ3n) is 2.55. The molecule has 22 heavy (non-hydrogen) atoms. The Kier molecular flexibility index (Phi) is 4.66. The average molecular weight is 300 g/mol. The predicted molar refractivity (Wildman–Crippen MR) is 76.7 cm³/mol. The Bertz CT molecular complexity index is 716. The van der Waals surface area contributed by atoms with E-state index < -0.39 is 16.8 Å². The van der Waals surface area contributed by atoms with Gasteiger partial charge in [0.15, 0.2) is 0 Å². The molecule has 0 aromatic heterocycles. The molecule has 2 aromatic rings. The van der Waals surface area contributed by atoms with Crippen LogP contribution in [-0.2, 0) is 4.84 Å². The highest BCUT2D eigenvalue weighted by molar-refractivity contribution is 5.87. The number of hydrogen-bond donors (Lipinski definition) is 1. The Balaban J connectivity index is 1.99. The van der Waals surface area contributed by atoms with Crippen molar-refractivity contribution in [2.45, 2.75) is 0 Å². The second-order valence-corrected chi connectivity index (χ2v) is 4.08. The largest absolute Gasteiger partial charge is 0.872 e. The first kappa shape index (κ1) is 15.0. The number of nitro benzene ring substituents is 1. The molecule has 0 unspecified atom stereocenters. The third kappa shape index (κ3) is 4.04. The number of nitrogens with one attached hydrogen (secondary N) is 1. The quantitative estimate of drug-likeness (QED) is 0.402. The molecular formula is C14H10N3O5-. The highest BCUT2D eigenvalue weighted by Gasteiger charge is 2.06. The molecule has 8 heteroatoms. The van der Waals surface area contributed by atoms with E-state index in [9.17, 15) is 20.0 Å². The molecule has 0 saturated carbocycles. The molecule has 0 bridgehead atoms. The highest BCUT2D eigenvalue weighted by Crippen LogP contribution is 2.19. The minimum Gasteiger partial charge on any atom is -0.872 e. The molecule has 1 amide bonds. The number of carbonyl (C=O) groups excluding carboxylic acids is 1. The lowest BCUT2D eigenvalue weighted by Gasteiger charge is -2.08. The van der Waals surface area contributed by atoms with Crippen molar-refractivity contribution >= 4 is 23.7 Å². The Morgan fingerprint density at radius 3 is 2.64 bits per heavy atom. The summed E-state index contributed by atoms with van der Waals surface area (Å²) in [4.78, 5) is 25.9. The smallest absolute Gasteiger partial charge is 0.437 e. The van der Waals surface area contributed by atoms with Gasteiger partial charge in [0.2, 0.25) is 0 Å². The number of carbonyl (C=O) groups is 1. The van der Waals surface area contributed by atoms with Crippen LogP contribution in [0.1, 0.15) is 5.56 Å². The summed E-state index contributed by atoms with van der Waals surface area (Å²) in [5.41, 5.74) is 0.207. The molecule has 8 nitrogen and oxygen atoms in total.